The molecule has 80 valence electrons. The summed E-state index contributed by atoms with van der Waals surface area (Å²) in [5, 5.41) is 6.98. The Bertz CT molecular complexity index is 221. The number of rotatable bonds is 7. The summed E-state index contributed by atoms with van der Waals surface area (Å²) in [6, 6.07) is 0. The lowest BCUT2D eigenvalue weighted by Gasteiger charge is -2.08. The summed E-state index contributed by atoms with van der Waals surface area (Å²) in [6.45, 7) is 3.07. The topological polar surface area (TPSA) is 41.3 Å². The molecule has 0 aliphatic rings. The highest BCUT2D eigenvalue weighted by Gasteiger charge is 1.94. The summed E-state index contributed by atoms with van der Waals surface area (Å²) in [4.78, 5) is 2.21. The smallest absolute Gasteiger partial charge is 0.128 e. The molecule has 1 heterocycles. The van der Waals surface area contributed by atoms with Crippen LogP contribution in [0.2, 0.25) is 0 Å². The van der Waals surface area contributed by atoms with Gasteiger partial charge in [-0.25, -0.2) is 0 Å². The lowest BCUT2D eigenvalue weighted by Crippen LogP contribution is -2.17. The zero-order valence-corrected chi connectivity index (χ0v) is 8.99. The predicted octanol–water partition coefficient (Wildman–Crippen LogP) is 1.11. The van der Waals surface area contributed by atoms with E-state index in [1.807, 2.05) is 0 Å². The van der Waals surface area contributed by atoms with Crippen molar-refractivity contribution in [2.75, 3.05) is 27.2 Å². The van der Waals surface area contributed by atoms with Crippen LogP contribution in [0, 0.1) is 0 Å². The van der Waals surface area contributed by atoms with Crippen molar-refractivity contribution in [1.82, 2.24) is 15.4 Å². The molecule has 0 unspecified atom stereocenters. The molecule has 0 amide bonds. The van der Waals surface area contributed by atoms with Crippen LogP contribution in [0.3, 0.4) is 0 Å². The van der Waals surface area contributed by atoms with Crippen LogP contribution in [-0.4, -0.2) is 37.2 Å². The molecular weight excluding hydrogens is 178 g/mol. The first-order chi connectivity index (χ1) is 6.79. The first kappa shape index (κ1) is 11.2. The van der Waals surface area contributed by atoms with Crippen molar-refractivity contribution in [2.45, 2.75) is 19.4 Å². The van der Waals surface area contributed by atoms with Gasteiger partial charge in [0.1, 0.15) is 6.26 Å². The molecule has 0 radical (unpaired) electrons. The van der Waals surface area contributed by atoms with Gasteiger partial charge in [0.25, 0.3) is 0 Å². The number of aromatic nitrogens is 1. The molecule has 4 heteroatoms. The van der Waals surface area contributed by atoms with Gasteiger partial charge in [0.05, 0.1) is 6.20 Å². The standard InChI is InChI=1S/C10H19N3O/c1-13(2)6-4-3-5-11-7-10-8-12-14-9-10/h8-9,11H,3-7H2,1-2H3. The predicted molar refractivity (Wildman–Crippen MR) is 56.0 cm³/mol. The Morgan fingerprint density at radius 2 is 2.29 bits per heavy atom. The fourth-order valence-electron chi connectivity index (χ4n) is 1.22. The quantitative estimate of drug-likeness (QED) is 0.665. The van der Waals surface area contributed by atoms with Crippen LogP contribution in [0.15, 0.2) is 17.0 Å². The van der Waals surface area contributed by atoms with E-state index in [9.17, 15) is 0 Å². The minimum Gasteiger partial charge on any atom is -0.364 e. The molecule has 0 fully saturated rings. The highest BCUT2D eigenvalue weighted by atomic mass is 16.5. The second-order valence-electron chi connectivity index (χ2n) is 3.72. The molecule has 1 N–H and O–H groups in total. The Hall–Kier alpha value is -0.870. The second kappa shape index (κ2) is 6.56. The van der Waals surface area contributed by atoms with Gasteiger partial charge in [0.15, 0.2) is 0 Å². The molecule has 0 saturated carbocycles. The third-order valence-corrected chi connectivity index (χ3v) is 2.02. The zero-order valence-electron chi connectivity index (χ0n) is 8.99. The van der Waals surface area contributed by atoms with E-state index in [1.165, 1.54) is 12.8 Å². The molecule has 1 rings (SSSR count). The largest absolute Gasteiger partial charge is 0.364 e. The van der Waals surface area contributed by atoms with Gasteiger partial charge >= 0.3 is 0 Å². The van der Waals surface area contributed by atoms with Crippen molar-refractivity contribution in [1.29, 1.82) is 0 Å². The monoisotopic (exact) mass is 197 g/mol. The van der Waals surface area contributed by atoms with Gasteiger partial charge in [0, 0.05) is 12.1 Å². The first-order valence-electron chi connectivity index (χ1n) is 5.03. The fourth-order valence-corrected chi connectivity index (χ4v) is 1.22. The van der Waals surface area contributed by atoms with Crippen molar-refractivity contribution in [2.24, 2.45) is 0 Å². The lowest BCUT2D eigenvalue weighted by molar-refractivity contribution is 0.391. The van der Waals surface area contributed by atoms with E-state index in [2.05, 4.69) is 29.5 Å². The van der Waals surface area contributed by atoms with Crippen LogP contribution < -0.4 is 5.32 Å². The van der Waals surface area contributed by atoms with Crippen molar-refractivity contribution in [3.63, 3.8) is 0 Å². The SMILES string of the molecule is CN(C)CCCCNCc1cnoc1. The Morgan fingerprint density at radius 3 is 2.93 bits per heavy atom. The van der Waals surface area contributed by atoms with Gasteiger partial charge in [-0.3, -0.25) is 0 Å². The summed E-state index contributed by atoms with van der Waals surface area (Å²) in [6.07, 6.45) is 5.87. The molecule has 1 aromatic rings. The Balaban J connectivity index is 1.90. The average Bonchev–Trinajstić information content (AvgIpc) is 2.63. The van der Waals surface area contributed by atoms with Gasteiger partial charge in [-0.1, -0.05) is 5.16 Å². The van der Waals surface area contributed by atoms with Crippen LogP contribution in [0.25, 0.3) is 0 Å². The second-order valence-corrected chi connectivity index (χ2v) is 3.72. The molecule has 0 spiro atoms. The first-order valence-corrected chi connectivity index (χ1v) is 5.03. The van der Waals surface area contributed by atoms with Crippen molar-refractivity contribution < 1.29 is 4.52 Å². The summed E-state index contributed by atoms with van der Waals surface area (Å²) in [5.74, 6) is 0. The van der Waals surface area contributed by atoms with Gasteiger partial charge in [-0.05, 0) is 40.0 Å². The number of nitrogens with one attached hydrogen (secondary N) is 1. The molecule has 0 aromatic carbocycles. The van der Waals surface area contributed by atoms with Gasteiger partial charge < -0.3 is 14.7 Å². The van der Waals surface area contributed by atoms with E-state index in [1.54, 1.807) is 12.5 Å². The Morgan fingerprint density at radius 1 is 1.43 bits per heavy atom. The van der Waals surface area contributed by atoms with E-state index in [-0.39, 0.29) is 0 Å². The van der Waals surface area contributed by atoms with Gasteiger partial charge in [0.2, 0.25) is 0 Å². The third kappa shape index (κ3) is 4.99. The zero-order chi connectivity index (χ0) is 10.2. The maximum Gasteiger partial charge on any atom is 0.128 e. The van der Waals surface area contributed by atoms with Crippen LogP contribution in [0.4, 0.5) is 0 Å². The molecule has 0 bridgehead atoms. The van der Waals surface area contributed by atoms with Crippen LogP contribution in [-0.2, 0) is 6.54 Å². The number of nitrogens with zero attached hydrogens (tertiary/aromatic N) is 2. The summed E-state index contributed by atoms with van der Waals surface area (Å²) in [5.41, 5.74) is 1.11. The molecule has 0 aliphatic carbocycles. The molecule has 1 aromatic heterocycles. The molecule has 4 nitrogen and oxygen atoms in total. The summed E-state index contributed by atoms with van der Waals surface area (Å²) in [7, 11) is 4.20. The van der Waals surface area contributed by atoms with Crippen LogP contribution in [0.5, 0.6) is 0 Å². The average molecular weight is 197 g/mol. The molecule has 14 heavy (non-hydrogen) atoms. The normalized spacial score (nSPS) is 11.1. The summed E-state index contributed by atoms with van der Waals surface area (Å²) >= 11 is 0. The van der Waals surface area contributed by atoms with E-state index in [0.29, 0.717) is 0 Å². The van der Waals surface area contributed by atoms with Gasteiger partial charge in [-0.2, -0.15) is 0 Å². The van der Waals surface area contributed by atoms with Crippen molar-refractivity contribution in [3.8, 4) is 0 Å². The van der Waals surface area contributed by atoms with Crippen LogP contribution >= 0.6 is 0 Å². The molecular formula is C10H19N3O. The highest BCUT2D eigenvalue weighted by Crippen LogP contribution is 1.95. The maximum absolute atomic E-state index is 4.73. The van der Waals surface area contributed by atoms with E-state index in [4.69, 9.17) is 4.52 Å². The number of hydrogen-bond donors (Lipinski definition) is 1. The molecule has 0 aliphatic heterocycles. The third-order valence-electron chi connectivity index (χ3n) is 2.02. The van der Waals surface area contributed by atoms with E-state index >= 15 is 0 Å². The maximum atomic E-state index is 4.73. The summed E-state index contributed by atoms with van der Waals surface area (Å²) < 4.78 is 4.73. The number of unbranched alkanes of at least 4 members (excludes halogenated alkanes) is 1. The Kier molecular flexibility index (Phi) is 5.25. The molecule has 0 atom stereocenters. The Labute approximate surface area is 85.3 Å². The fraction of sp³-hybridized carbons (Fsp3) is 0.700. The number of hydrogen-bond acceptors (Lipinski definition) is 4. The minimum absolute atomic E-state index is 0.853. The lowest BCUT2D eigenvalue weighted by atomic mass is 10.3. The molecule has 0 saturated heterocycles. The van der Waals surface area contributed by atoms with Crippen LogP contribution in [0.1, 0.15) is 18.4 Å². The highest BCUT2D eigenvalue weighted by molar-refractivity contribution is 4.98. The van der Waals surface area contributed by atoms with Crippen molar-refractivity contribution >= 4 is 0 Å². The minimum atomic E-state index is 0.853. The van der Waals surface area contributed by atoms with E-state index < -0.39 is 0 Å². The van der Waals surface area contributed by atoms with Crippen molar-refractivity contribution in [3.05, 3.63) is 18.0 Å². The van der Waals surface area contributed by atoms with E-state index in [0.717, 1.165) is 25.2 Å². The van der Waals surface area contributed by atoms with Gasteiger partial charge in [-0.15, -0.1) is 0 Å².